The minimum atomic E-state index is -0.707. The van der Waals surface area contributed by atoms with Crippen molar-refractivity contribution in [3.8, 4) is 6.07 Å². The number of benzene rings is 1. The molecular weight excluding hydrogens is 215 g/mol. The zero-order valence-electron chi connectivity index (χ0n) is 8.00. The maximum Gasteiger partial charge on any atom is 0.129 e. The van der Waals surface area contributed by atoms with Gasteiger partial charge in [-0.25, -0.2) is 4.39 Å². The second-order valence-corrected chi connectivity index (χ2v) is 3.36. The lowest BCUT2D eigenvalue weighted by Crippen LogP contribution is -2.20. The maximum atomic E-state index is 13.4. The van der Waals surface area contributed by atoms with Gasteiger partial charge in [0, 0.05) is 17.1 Å². The van der Waals surface area contributed by atoms with E-state index in [0.717, 1.165) is 0 Å². The van der Waals surface area contributed by atoms with Crippen LogP contribution >= 0.6 is 11.6 Å². The molecule has 1 unspecified atom stereocenters. The number of hydrogen-bond donors (Lipinski definition) is 1. The van der Waals surface area contributed by atoms with Crippen LogP contribution in [0.3, 0.4) is 0 Å². The normalized spacial score (nSPS) is 11.8. The van der Waals surface area contributed by atoms with Crippen LogP contribution in [0.15, 0.2) is 30.9 Å². The lowest BCUT2D eigenvalue weighted by Gasteiger charge is -2.11. The number of nitrogens with zero attached hydrogens (tertiary/aromatic N) is 1. The van der Waals surface area contributed by atoms with Crippen LogP contribution in [0.25, 0.3) is 0 Å². The highest BCUT2D eigenvalue weighted by molar-refractivity contribution is 6.30. The fraction of sp³-hybridized carbons (Fsp3) is 0.182. The van der Waals surface area contributed by atoms with Gasteiger partial charge in [0.15, 0.2) is 0 Å². The minimum Gasteiger partial charge on any atom is -0.295 e. The van der Waals surface area contributed by atoms with Crippen LogP contribution in [0.2, 0.25) is 5.02 Å². The van der Waals surface area contributed by atoms with Crippen molar-refractivity contribution in [1.82, 2.24) is 5.32 Å². The van der Waals surface area contributed by atoms with Gasteiger partial charge in [-0.15, -0.1) is 6.58 Å². The molecule has 0 aliphatic rings. The number of halogens is 2. The van der Waals surface area contributed by atoms with Gasteiger partial charge in [-0.3, -0.25) is 5.32 Å². The Labute approximate surface area is 93.0 Å². The summed E-state index contributed by atoms with van der Waals surface area (Å²) in [6.45, 7) is 3.94. The first-order valence-electron chi connectivity index (χ1n) is 4.38. The summed E-state index contributed by atoms with van der Waals surface area (Å²) < 4.78 is 13.4. The Hall–Kier alpha value is -1.37. The Bertz CT molecular complexity index is 398. The largest absolute Gasteiger partial charge is 0.295 e. The molecule has 1 aromatic rings. The fourth-order valence-electron chi connectivity index (χ4n) is 1.16. The van der Waals surface area contributed by atoms with Gasteiger partial charge >= 0.3 is 0 Å². The van der Waals surface area contributed by atoms with Crippen LogP contribution in [-0.4, -0.2) is 6.54 Å². The van der Waals surface area contributed by atoms with Crippen molar-refractivity contribution in [2.75, 3.05) is 6.54 Å². The molecule has 0 fully saturated rings. The third kappa shape index (κ3) is 3.05. The molecule has 1 N–H and O–H groups in total. The zero-order chi connectivity index (χ0) is 11.3. The number of nitriles is 1. The summed E-state index contributed by atoms with van der Waals surface area (Å²) in [5.41, 5.74) is 0.256. The van der Waals surface area contributed by atoms with Gasteiger partial charge in [0.05, 0.1) is 6.07 Å². The third-order valence-electron chi connectivity index (χ3n) is 1.86. The van der Waals surface area contributed by atoms with Crippen LogP contribution in [0.1, 0.15) is 11.6 Å². The Morgan fingerprint density at radius 1 is 1.67 bits per heavy atom. The second kappa shape index (κ2) is 5.50. The minimum absolute atomic E-state index is 0.256. The molecule has 0 saturated carbocycles. The van der Waals surface area contributed by atoms with Gasteiger partial charge < -0.3 is 0 Å². The zero-order valence-corrected chi connectivity index (χ0v) is 8.76. The topological polar surface area (TPSA) is 35.8 Å². The van der Waals surface area contributed by atoms with E-state index in [4.69, 9.17) is 16.9 Å². The van der Waals surface area contributed by atoms with Gasteiger partial charge in [-0.1, -0.05) is 17.7 Å². The van der Waals surface area contributed by atoms with Crippen molar-refractivity contribution in [3.05, 3.63) is 47.3 Å². The van der Waals surface area contributed by atoms with Crippen LogP contribution in [-0.2, 0) is 0 Å². The second-order valence-electron chi connectivity index (χ2n) is 2.92. The Kier molecular flexibility index (Phi) is 4.29. The molecule has 0 aliphatic heterocycles. The van der Waals surface area contributed by atoms with E-state index >= 15 is 0 Å². The molecular formula is C11H10ClFN2. The van der Waals surface area contributed by atoms with Gasteiger partial charge in [-0.2, -0.15) is 5.26 Å². The summed E-state index contributed by atoms with van der Waals surface area (Å²) >= 11 is 5.73. The first kappa shape index (κ1) is 11.7. The summed E-state index contributed by atoms with van der Waals surface area (Å²) in [6.07, 6.45) is 1.60. The van der Waals surface area contributed by atoms with Crippen LogP contribution < -0.4 is 5.32 Å². The molecule has 4 heteroatoms. The highest BCUT2D eigenvalue weighted by Gasteiger charge is 2.14. The van der Waals surface area contributed by atoms with Crippen LogP contribution in [0.4, 0.5) is 4.39 Å². The van der Waals surface area contributed by atoms with Crippen molar-refractivity contribution in [3.63, 3.8) is 0 Å². The summed E-state index contributed by atoms with van der Waals surface area (Å²) in [6, 6.07) is 5.40. The molecule has 1 aromatic carbocycles. The molecule has 0 saturated heterocycles. The Balaban J connectivity index is 2.96. The average Bonchev–Trinajstić information content (AvgIpc) is 2.24. The lowest BCUT2D eigenvalue weighted by molar-refractivity contribution is 0.577. The van der Waals surface area contributed by atoms with E-state index < -0.39 is 11.9 Å². The van der Waals surface area contributed by atoms with Crippen molar-refractivity contribution < 1.29 is 4.39 Å². The lowest BCUT2D eigenvalue weighted by atomic mass is 10.1. The fourth-order valence-corrected chi connectivity index (χ4v) is 1.34. The van der Waals surface area contributed by atoms with E-state index in [1.807, 2.05) is 6.07 Å². The molecule has 0 bridgehead atoms. The quantitative estimate of drug-likeness (QED) is 0.799. The number of rotatable bonds is 4. The van der Waals surface area contributed by atoms with E-state index in [1.165, 1.54) is 18.2 Å². The molecule has 2 nitrogen and oxygen atoms in total. The van der Waals surface area contributed by atoms with Gasteiger partial charge in [-0.05, 0) is 18.2 Å². The van der Waals surface area contributed by atoms with Crippen molar-refractivity contribution >= 4 is 11.6 Å². The standard InChI is InChI=1S/C11H10ClFN2/c1-2-5-15-11(7-14)9-6-8(12)3-4-10(9)13/h2-4,6,11,15H,1,5H2. The van der Waals surface area contributed by atoms with Crippen LogP contribution in [0.5, 0.6) is 0 Å². The van der Waals surface area contributed by atoms with Crippen molar-refractivity contribution in [2.45, 2.75) is 6.04 Å². The van der Waals surface area contributed by atoms with E-state index in [9.17, 15) is 4.39 Å². The van der Waals surface area contributed by atoms with Gasteiger partial charge in [0.2, 0.25) is 0 Å². The number of nitrogens with one attached hydrogen (secondary N) is 1. The van der Waals surface area contributed by atoms with E-state index in [2.05, 4.69) is 11.9 Å². The van der Waals surface area contributed by atoms with Gasteiger partial charge in [0.1, 0.15) is 11.9 Å². The van der Waals surface area contributed by atoms with Crippen molar-refractivity contribution in [1.29, 1.82) is 5.26 Å². The highest BCUT2D eigenvalue weighted by atomic mass is 35.5. The van der Waals surface area contributed by atoms with E-state index in [0.29, 0.717) is 11.6 Å². The molecule has 1 atom stereocenters. The third-order valence-corrected chi connectivity index (χ3v) is 2.10. The molecule has 0 aliphatic carbocycles. The number of hydrogen-bond acceptors (Lipinski definition) is 2. The molecule has 0 aromatic heterocycles. The first-order valence-corrected chi connectivity index (χ1v) is 4.75. The van der Waals surface area contributed by atoms with Crippen molar-refractivity contribution in [2.24, 2.45) is 0 Å². The molecule has 0 spiro atoms. The molecule has 0 radical (unpaired) electrons. The van der Waals surface area contributed by atoms with E-state index in [-0.39, 0.29) is 5.56 Å². The smallest absolute Gasteiger partial charge is 0.129 e. The highest BCUT2D eigenvalue weighted by Crippen LogP contribution is 2.20. The Morgan fingerprint density at radius 2 is 2.40 bits per heavy atom. The predicted octanol–water partition coefficient (Wildman–Crippen LogP) is 2.82. The van der Waals surface area contributed by atoms with Gasteiger partial charge in [0.25, 0.3) is 0 Å². The SMILES string of the molecule is C=CCNC(C#N)c1cc(Cl)ccc1F. The molecule has 0 heterocycles. The monoisotopic (exact) mass is 224 g/mol. The van der Waals surface area contributed by atoms with Crippen LogP contribution in [0, 0.1) is 17.1 Å². The maximum absolute atomic E-state index is 13.4. The molecule has 78 valence electrons. The summed E-state index contributed by atoms with van der Waals surface area (Å²) in [5, 5.41) is 12.1. The predicted molar refractivity (Wildman–Crippen MR) is 58.0 cm³/mol. The summed E-state index contributed by atoms with van der Waals surface area (Å²) in [4.78, 5) is 0. The molecule has 0 amide bonds. The average molecular weight is 225 g/mol. The Morgan fingerprint density at radius 3 is 3.00 bits per heavy atom. The van der Waals surface area contributed by atoms with E-state index in [1.54, 1.807) is 6.08 Å². The summed E-state index contributed by atoms with van der Waals surface area (Å²) in [7, 11) is 0. The first-order chi connectivity index (χ1) is 7.19. The molecule has 1 rings (SSSR count). The summed E-state index contributed by atoms with van der Waals surface area (Å²) in [5.74, 6) is -0.442. The molecule has 15 heavy (non-hydrogen) atoms.